The monoisotopic (exact) mass is 346 g/mol. The van der Waals surface area contributed by atoms with E-state index in [2.05, 4.69) is 5.32 Å². The summed E-state index contributed by atoms with van der Waals surface area (Å²) in [4.78, 5) is 13.8. The highest BCUT2D eigenvalue weighted by Crippen LogP contribution is 2.34. The number of nitrogens with one attached hydrogen (secondary N) is 1. The zero-order valence-corrected chi connectivity index (χ0v) is 13.8. The van der Waals surface area contributed by atoms with Crippen molar-refractivity contribution in [3.8, 4) is 5.75 Å². The van der Waals surface area contributed by atoms with Crippen LogP contribution in [0, 0.1) is 0 Å². The molecule has 2 amide bonds. The van der Waals surface area contributed by atoms with E-state index in [9.17, 15) is 18.0 Å². The van der Waals surface area contributed by atoms with Crippen LogP contribution in [-0.4, -0.2) is 43.3 Å². The molecule has 1 N–H and O–H groups in total. The van der Waals surface area contributed by atoms with Crippen molar-refractivity contribution in [3.63, 3.8) is 0 Å². The summed E-state index contributed by atoms with van der Waals surface area (Å²) in [5, 5.41) is 2.55. The molecule has 1 aliphatic heterocycles. The number of benzene rings is 1. The molecule has 2 rings (SSSR count). The molecule has 0 radical (unpaired) electrons. The molecule has 24 heavy (non-hydrogen) atoms. The molecule has 1 fully saturated rings. The molecule has 0 unspecified atom stereocenters. The van der Waals surface area contributed by atoms with Crippen molar-refractivity contribution in [1.29, 1.82) is 0 Å². The van der Waals surface area contributed by atoms with Crippen LogP contribution in [0.5, 0.6) is 5.75 Å². The van der Waals surface area contributed by atoms with Crippen LogP contribution in [0.15, 0.2) is 18.2 Å². The molecule has 0 aliphatic carbocycles. The van der Waals surface area contributed by atoms with E-state index in [-0.39, 0.29) is 30.1 Å². The summed E-state index contributed by atoms with van der Waals surface area (Å²) in [5.41, 5.74) is -0.822. The number of carbonyl (C=O) groups is 1. The second kappa shape index (κ2) is 7.29. The highest BCUT2D eigenvalue weighted by Gasteiger charge is 2.34. The number of hydrogen-bond acceptors (Lipinski definition) is 3. The van der Waals surface area contributed by atoms with Crippen molar-refractivity contribution < 1.29 is 27.4 Å². The van der Waals surface area contributed by atoms with Gasteiger partial charge in [0.15, 0.2) is 0 Å². The second-order valence-corrected chi connectivity index (χ2v) is 5.84. The number of amides is 2. The largest absolute Gasteiger partial charge is 0.497 e. The van der Waals surface area contributed by atoms with Gasteiger partial charge < -0.3 is 19.7 Å². The van der Waals surface area contributed by atoms with Gasteiger partial charge in [-0.1, -0.05) is 6.07 Å². The number of ether oxygens (including phenoxy) is 2. The van der Waals surface area contributed by atoms with Crippen LogP contribution in [-0.2, 0) is 17.5 Å². The Morgan fingerprint density at radius 2 is 1.96 bits per heavy atom. The number of urea groups is 1. The molecule has 0 aromatic heterocycles. The first-order valence-electron chi connectivity index (χ1n) is 7.63. The van der Waals surface area contributed by atoms with Gasteiger partial charge in [-0.25, -0.2) is 4.79 Å². The lowest BCUT2D eigenvalue weighted by Gasteiger charge is -2.35. The first-order chi connectivity index (χ1) is 11.2. The Morgan fingerprint density at radius 1 is 1.33 bits per heavy atom. The van der Waals surface area contributed by atoms with E-state index in [1.54, 1.807) is 4.90 Å². The fourth-order valence-electron chi connectivity index (χ4n) is 2.73. The van der Waals surface area contributed by atoms with Crippen LogP contribution >= 0.6 is 0 Å². The van der Waals surface area contributed by atoms with Crippen molar-refractivity contribution in [3.05, 3.63) is 29.3 Å². The lowest BCUT2D eigenvalue weighted by molar-refractivity contribution is -0.138. The third-order valence-corrected chi connectivity index (χ3v) is 3.76. The highest BCUT2D eigenvalue weighted by molar-refractivity contribution is 5.74. The van der Waals surface area contributed by atoms with Gasteiger partial charge in [0, 0.05) is 19.6 Å². The summed E-state index contributed by atoms with van der Waals surface area (Å²) >= 11 is 0. The van der Waals surface area contributed by atoms with Gasteiger partial charge in [0.1, 0.15) is 5.75 Å². The lowest BCUT2D eigenvalue weighted by atomic mass is 10.1. The molecular weight excluding hydrogens is 325 g/mol. The summed E-state index contributed by atoms with van der Waals surface area (Å²) in [6.45, 7) is 4.30. The maximum absolute atomic E-state index is 13.2. The molecule has 1 aliphatic rings. The predicted octanol–water partition coefficient (Wildman–Crippen LogP) is 3.03. The van der Waals surface area contributed by atoms with Gasteiger partial charge in [-0.05, 0) is 31.5 Å². The Bertz CT molecular complexity index is 582. The minimum Gasteiger partial charge on any atom is -0.497 e. The maximum atomic E-state index is 13.2. The fourth-order valence-corrected chi connectivity index (χ4v) is 2.73. The van der Waals surface area contributed by atoms with Crippen LogP contribution in [0.3, 0.4) is 0 Å². The van der Waals surface area contributed by atoms with E-state index < -0.39 is 17.8 Å². The lowest BCUT2D eigenvalue weighted by Crippen LogP contribution is -2.51. The Kier molecular flexibility index (Phi) is 5.58. The van der Waals surface area contributed by atoms with E-state index in [0.29, 0.717) is 13.1 Å². The van der Waals surface area contributed by atoms with E-state index in [1.807, 2.05) is 13.8 Å². The van der Waals surface area contributed by atoms with Gasteiger partial charge >= 0.3 is 12.2 Å². The topological polar surface area (TPSA) is 50.8 Å². The molecule has 5 nitrogen and oxygen atoms in total. The summed E-state index contributed by atoms with van der Waals surface area (Å²) < 4.78 is 49.8. The van der Waals surface area contributed by atoms with Crippen molar-refractivity contribution >= 4 is 6.03 Å². The van der Waals surface area contributed by atoms with Crippen LogP contribution in [0.2, 0.25) is 0 Å². The van der Waals surface area contributed by atoms with Crippen molar-refractivity contribution in [2.45, 2.75) is 38.8 Å². The van der Waals surface area contributed by atoms with Crippen molar-refractivity contribution in [2.24, 2.45) is 0 Å². The SMILES string of the molecule is COc1ccc(CNC(=O)N2C[C@@H](C)O[C@H](C)C2)c(C(F)(F)F)c1. The van der Waals surface area contributed by atoms with Gasteiger partial charge in [-0.2, -0.15) is 13.2 Å². The smallest absolute Gasteiger partial charge is 0.416 e. The number of methoxy groups -OCH3 is 1. The molecule has 0 saturated carbocycles. The average molecular weight is 346 g/mol. The summed E-state index contributed by atoms with van der Waals surface area (Å²) in [7, 11) is 1.30. The average Bonchev–Trinajstić information content (AvgIpc) is 2.50. The van der Waals surface area contributed by atoms with E-state index in [4.69, 9.17) is 9.47 Å². The van der Waals surface area contributed by atoms with Gasteiger partial charge in [0.05, 0.1) is 24.9 Å². The molecule has 1 aromatic carbocycles. The number of halogens is 3. The van der Waals surface area contributed by atoms with Crippen molar-refractivity contribution in [2.75, 3.05) is 20.2 Å². The highest BCUT2D eigenvalue weighted by atomic mass is 19.4. The zero-order valence-electron chi connectivity index (χ0n) is 13.8. The van der Waals surface area contributed by atoms with Crippen LogP contribution in [0.25, 0.3) is 0 Å². The van der Waals surface area contributed by atoms with Gasteiger partial charge in [0.25, 0.3) is 0 Å². The number of alkyl halides is 3. The Labute approximate surface area is 138 Å². The normalized spacial score (nSPS) is 21.5. The molecule has 0 bridgehead atoms. The fraction of sp³-hybridized carbons (Fsp3) is 0.562. The summed E-state index contributed by atoms with van der Waals surface area (Å²) in [6, 6.07) is 3.28. The molecule has 1 aromatic rings. The Balaban J connectivity index is 2.07. The molecule has 8 heteroatoms. The molecule has 134 valence electrons. The quantitative estimate of drug-likeness (QED) is 0.915. The zero-order chi connectivity index (χ0) is 17.9. The predicted molar refractivity (Wildman–Crippen MR) is 81.8 cm³/mol. The Morgan fingerprint density at radius 3 is 2.50 bits per heavy atom. The van der Waals surface area contributed by atoms with Gasteiger partial charge in [-0.3, -0.25) is 0 Å². The van der Waals surface area contributed by atoms with Crippen molar-refractivity contribution in [1.82, 2.24) is 10.2 Å². The van der Waals surface area contributed by atoms with Gasteiger partial charge in [0.2, 0.25) is 0 Å². The maximum Gasteiger partial charge on any atom is 0.416 e. The number of carbonyl (C=O) groups excluding carboxylic acids is 1. The van der Waals surface area contributed by atoms with E-state index in [0.717, 1.165) is 6.07 Å². The third-order valence-electron chi connectivity index (χ3n) is 3.76. The standard InChI is InChI=1S/C16H21F3N2O3/c1-10-8-21(9-11(2)24-10)15(22)20-7-12-4-5-13(23-3)6-14(12)16(17,18)19/h4-6,10-11H,7-9H2,1-3H3,(H,20,22)/t10-,11-/m1/s1. The number of morpholine rings is 1. The molecular formula is C16H21F3N2O3. The third kappa shape index (κ3) is 4.53. The van der Waals surface area contributed by atoms with E-state index in [1.165, 1.54) is 19.2 Å². The Hall–Kier alpha value is -1.96. The second-order valence-electron chi connectivity index (χ2n) is 5.84. The summed E-state index contributed by atoms with van der Waals surface area (Å²) in [5.74, 6) is 0.119. The summed E-state index contributed by atoms with van der Waals surface area (Å²) in [6.07, 6.45) is -4.73. The molecule has 1 heterocycles. The van der Waals surface area contributed by atoms with Crippen LogP contribution in [0.1, 0.15) is 25.0 Å². The van der Waals surface area contributed by atoms with Crippen LogP contribution in [0.4, 0.5) is 18.0 Å². The van der Waals surface area contributed by atoms with E-state index >= 15 is 0 Å². The van der Waals surface area contributed by atoms with Crippen LogP contribution < -0.4 is 10.1 Å². The first-order valence-corrected chi connectivity index (χ1v) is 7.63. The van der Waals surface area contributed by atoms with Gasteiger partial charge in [-0.15, -0.1) is 0 Å². The number of rotatable bonds is 3. The first kappa shape index (κ1) is 18.4. The number of nitrogens with zero attached hydrogens (tertiary/aromatic N) is 1. The molecule has 2 atom stereocenters. The minimum absolute atomic E-state index is 0.00833. The molecule has 1 saturated heterocycles. The molecule has 0 spiro atoms. The minimum atomic E-state index is -4.52. The number of hydrogen-bond donors (Lipinski definition) is 1.